The van der Waals surface area contributed by atoms with E-state index in [-0.39, 0.29) is 10.9 Å². The quantitative estimate of drug-likeness (QED) is 0.617. The molecule has 0 aliphatic rings. The number of ether oxygens (including phenoxy) is 1. The van der Waals surface area contributed by atoms with E-state index in [0.29, 0.717) is 11.3 Å². The number of benzene rings is 2. The van der Waals surface area contributed by atoms with Gasteiger partial charge in [0.25, 0.3) is 0 Å². The molecule has 0 saturated carbocycles. The van der Waals surface area contributed by atoms with Crippen molar-refractivity contribution in [3.05, 3.63) is 63.6 Å². The van der Waals surface area contributed by atoms with Crippen LogP contribution in [-0.4, -0.2) is 12.9 Å². The van der Waals surface area contributed by atoms with Crippen molar-refractivity contribution in [1.82, 2.24) is 0 Å². The summed E-state index contributed by atoms with van der Waals surface area (Å²) in [5, 5.41) is 0. The molecule has 0 aliphatic carbocycles. The summed E-state index contributed by atoms with van der Waals surface area (Å²) in [6.45, 7) is 0. The molecule has 0 atom stereocenters. The maximum atomic E-state index is 13.8. The minimum atomic E-state index is -0.872. The average Bonchev–Trinajstić information content (AvgIpc) is 2.44. The van der Waals surface area contributed by atoms with Gasteiger partial charge in [-0.05, 0) is 45.8 Å². The fourth-order valence-electron chi connectivity index (χ4n) is 1.80. The highest BCUT2D eigenvalue weighted by molar-refractivity contribution is 9.10. The molecular weight excluding hydrogens is 330 g/mol. The number of carbonyl (C=O) groups is 1. The lowest BCUT2D eigenvalue weighted by Crippen LogP contribution is -2.09. The second-order valence-corrected chi connectivity index (χ2v) is 5.02. The van der Waals surface area contributed by atoms with Gasteiger partial charge in [0.2, 0.25) is 0 Å². The van der Waals surface area contributed by atoms with Crippen molar-refractivity contribution >= 4 is 21.7 Å². The Morgan fingerprint density at radius 3 is 2.40 bits per heavy atom. The smallest absolute Gasteiger partial charge is 0.173 e. The zero-order chi connectivity index (χ0) is 14.7. The van der Waals surface area contributed by atoms with Gasteiger partial charge in [-0.1, -0.05) is 12.1 Å². The Morgan fingerprint density at radius 1 is 1.15 bits per heavy atom. The minimum absolute atomic E-state index is 0.0666. The van der Waals surface area contributed by atoms with Crippen LogP contribution in [0.5, 0.6) is 5.75 Å². The zero-order valence-electron chi connectivity index (χ0n) is 10.6. The summed E-state index contributed by atoms with van der Waals surface area (Å²) in [5.41, 5.74) is 0.143. The first-order valence-electron chi connectivity index (χ1n) is 5.82. The molecule has 0 unspecified atom stereocenters. The first kappa shape index (κ1) is 14.7. The normalized spacial score (nSPS) is 10.4. The molecule has 104 valence electrons. The van der Waals surface area contributed by atoms with Crippen LogP contribution in [0, 0.1) is 11.6 Å². The van der Waals surface area contributed by atoms with Gasteiger partial charge in [0.1, 0.15) is 11.6 Å². The molecule has 0 fully saturated rings. The monoisotopic (exact) mass is 340 g/mol. The third kappa shape index (κ3) is 3.04. The molecule has 0 amide bonds. The van der Waals surface area contributed by atoms with E-state index in [1.165, 1.54) is 13.2 Å². The second-order valence-electron chi connectivity index (χ2n) is 4.17. The highest BCUT2D eigenvalue weighted by Crippen LogP contribution is 2.23. The Kier molecular flexibility index (Phi) is 4.49. The second kappa shape index (κ2) is 6.13. The molecule has 5 heteroatoms. The maximum absolute atomic E-state index is 13.8. The summed E-state index contributed by atoms with van der Waals surface area (Å²) >= 11 is 2.94. The standard InChI is InChI=1S/C15H11BrF2O2/c1-20-10-4-2-9(3-5-10)8-13(19)14-12(17)7-6-11(16)15(14)18/h2-7H,8H2,1H3. The number of hydrogen-bond acceptors (Lipinski definition) is 2. The number of halogens is 3. The number of ketones is 1. The molecule has 0 N–H and O–H groups in total. The van der Waals surface area contributed by atoms with Crippen LogP contribution in [0.15, 0.2) is 40.9 Å². The van der Waals surface area contributed by atoms with Crippen LogP contribution >= 0.6 is 15.9 Å². The van der Waals surface area contributed by atoms with Crippen LogP contribution in [0.2, 0.25) is 0 Å². The van der Waals surface area contributed by atoms with Crippen LogP contribution in [0.1, 0.15) is 15.9 Å². The molecule has 2 aromatic carbocycles. The van der Waals surface area contributed by atoms with Gasteiger partial charge in [-0.3, -0.25) is 4.79 Å². The Bertz CT molecular complexity index is 639. The first-order chi connectivity index (χ1) is 9.52. The van der Waals surface area contributed by atoms with Crippen LogP contribution in [0.25, 0.3) is 0 Å². The summed E-state index contributed by atoms with van der Waals surface area (Å²) in [6.07, 6.45) is -0.0751. The molecular formula is C15H11BrF2O2. The predicted molar refractivity (Wildman–Crippen MR) is 75.1 cm³/mol. The highest BCUT2D eigenvalue weighted by Gasteiger charge is 2.19. The van der Waals surface area contributed by atoms with Crippen LogP contribution < -0.4 is 4.74 Å². The molecule has 0 bridgehead atoms. The van der Waals surface area contributed by atoms with Crippen molar-refractivity contribution in [2.45, 2.75) is 6.42 Å². The summed E-state index contributed by atoms with van der Waals surface area (Å²) in [5.74, 6) is -1.68. The lowest BCUT2D eigenvalue weighted by Gasteiger charge is -2.06. The van der Waals surface area contributed by atoms with E-state index in [4.69, 9.17) is 4.74 Å². The average molecular weight is 341 g/mol. The van der Waals surface area contributed by atoms with Crippen molar-refractivity contribution in [2.75, 3.05) is 7.11 Å². The first-order valence-corrected chi connectivity index (χ1v) is 6.62. The molecule has 2 aromatic rings. The van der Waals surface area contributed by atoms with Gasteiger partial charge in [0.05, 0.1) is 17.1 Å². The third-order valence-corrected chi connectivity index (χ3v) is 3.46. The predicted octanol–water partition coefficient (Wildman–Crippen LogP) is 4.16. The number of methoxy groups -OCH3 is 1. The van der Waals surface area contributed by atoms with E-state index in [9.17, 15) is 13.6 Å². The highest BCUT2D eigenvalue weighted by atomic mass is 79.9. The van der Waals surface area contributed by atoms with E-state index >= 15 is 0 Å². The number of carbonyl (C=O) groups excluding carboxylic acids is 1. The van der Waals surface area contributed by atoms with Gasteiger partial charge in [0, 0.05) is 6.42 Å². The van der Waals surface area contributed by atoms with Crippen molar-refractivity contribution in [1.29, 1.82) is 0 Å². The Labute approximate surface area is 123 Å². The van der Waals surface area contributed by atoms with Crippen molar-refractivity contribution in [3.63, 3.8) is 0 Å². The largest absolute Gasteiger partial charge is 0.497 e. The number of hydrogen-bond donors (Lipinski definition) is 0. The molecule has 0 spiro atoms. The third-order valence-electron chi connectivity index (χ3n) is 2.85. The summed E-state index contributed by atoms with van der Waals surface area (Å²) in [7, 11) is 1.53. The summed E-state index contributed by atoms with van der Waals surface area (Å²) in [6, 6.07) is 9.05. The molecule has 0 saturated heterocycles. The Balaban J connectivity index is 2.26. The van der Waals surface area contributed by atoms with Gasteiger partial charge >= 0.3 is 0 Å². The van der Waals surface area contributed by atoms with Gasteiger partial charge in [-0.2, -0.15) is 0 Å². The fourth-order valence-corrected chi connectivity index (χ4v) is 2.13. The van der Waals surface area contributed by atoms with Crippen molar-refractivity contribution in [2.24, 2.45) is 0 Å². The van der Waals surface area contributed by atoms with Gasteiger partial charge < -0.3 is 4.74 Å². The van der Waals surface area contributed by atoms with Gasteiger partial charge in [-0.15, -0.1) is 0 Å². The molecule has 0 heterocycles. The molecule has 0 aromatic heterocycles. The fraction of sp³-hybridized carbons (Fsp3) is 0.133. The lowest BCUT2D eigenvalue weighted by atomic mass is 10.0. The topological polar surface area (TPSA) is 26.3 Å². The van der Waals surface area contributed by atoms with Crippen LogP contribution in [-0.2, 0) is 6.42 Å². The lowest BCUT2D eigenvalue weighted by molar-refractivity contribution is 0.0984. The number of rotatable bonds is 4. The van der Waals surface area contributed by atoms with Gasteiger partial charge in [-0.25, -0.2) is 8.78 Å². The SMILES string of the molecule is COc1ccc(CC(=O)c2c(F)ccc(Br)c2F)cc1. The molecule has 0 radical (unpaired) electrons. The van der Waals surface area contributed by atoms with E-state index in [1.807, 2.05) is 0 Å². The molecule has 2 rings (SSSR count). The van der Waals surface area contributed by atoms with E-state index in [2.05, 4.69) is 15.9 Å². The van der Waals surface area contributed by atoms with Gasteiger partial charge in [0.15, 0.2) is 11.6 Å². The zero-order valence-corrected chi connectivity index (χ0v) is 12.2. The number of Topliss-reactive ketones (excluding diaryl/α,β-unsaturated/α-hetero) is 1. The Hall–Kier alpha value is -1.75. The summed E-state index contributed by atoms with van der Waals surface area (Å²) < 4.78 is 32.5. The minimum Gasteiger partial charge on any atom is -0.497 e. The van der Waals surface area contributed by atoms with E-state index < -0.39 is 23.0 Å². The van der Waals surface area contributed by atoms with Crippen molar-refractivity contribution < 1.29 is 18.3 Å². The summed E-state index contributed by atoms with van der Waals surface area (Å²) in [4.78, 5) is 12.0. The molecule has 0 aliphatic heterocycles. The van der Waals surface area contributed by atoms with E-state index in [0.717, 1.165) is 6.07 Å². The van der Waals surface area contributed by atoms with E-state index in [1.54, 1.807) is 24.3 Å². The molecule has 20 heavy (non-hydrogen) atoms. The Morgan fingerprint density at radius 2 is 1.80 bits per heavy atom. The van der Waals surface area contributed by atoms with Crippen molar-refractivity contribution in [3.8, 4) is 5.75 Å². The maximum Gasteiger partial charge on any atom is 0.173 e. The molecule has 2 nitrogen and oxygen atoms in total. The van der Waals surface area contributed by atoms with Crippen LogP contribution in [0.3, 0.4) is 0 Å². The van der Waals surface area contributed by atoms with Crippen LogP contribution in [0.4, 0.5) is 8.78 Å².